The van der Waals surface area contributed by atoms with E-state index in [1.54, 1.807) is 42.5 Å². The Hall–Kier alpha value is -2.95. The number of hydrogen-bond donors (Lipinski definition) is 0. The molecule has 23 heavy (non-hydrogen) atoms. The van der Waals surface area contributed by atoms with Crippen LogP contribution in [-0.4, -0.2) is 25.5 Å². The minimum atomic E-state index is -0.483. The van der Waals surface area contributed by atoms with Crippen molar-refractivity contribution in [2.24, 2.45) is 0 Å². The highest BCUT2D eigenvalue weighted by Crippen LogP contribution is 2.14. The number of rotatable bonds is 6. The minimum Gasteiger partial charge on any atom is -0.482 e. The van der Waals surface area contributed by atoms with Gasteiger partial charge in [-0.05, 0) is 48.0 Å². The lowest BCUT2D eigenvalue weighted by Gasteiger charge is -2.04. The Morgan fingerprint density at radius 2 is 1.87 bits per heavy atom. The molecule has 0 saturated carbocycles. The predicted molar refractivity (Wildman–Crippen MR) is 83.7 cm³/mol. The Morgan fingerprint density at radius 3 is 2.52 bits per heavy atom. The van der Waals surface area contributed by atoms with Gasteiger partial charge in [-0.2, -0.15) is 0 Å². The number of hydrogen-bond acceptors (Lipinski definition) is 4. The third-order valence-corrected chi connectivity index (χ3v) is 3.00. The molecule has 4 nitrogen and oxygen atoms in total. The van der Waals surface area contributed by atoms with E-state index in [1.807, 2.05) is 0 Å². The van der Waals surface area contributed by atoms with Gasteiger partial charge < -0.3 is 9.47 Å². The molecule has 0 radical (unpaired) electrons. The van der Waals surface area contributed by atoms with Gasteiger partial charge >= 0.3 is 5.97 Å². The lowest BCUT2D eigenvalue weighted by Crippen LogP contribution is -2.12. The van der Waals surface area contributed by atoms with Crippen LogP contribution in [0.15, 0.2) is 54.6 Å². The predicted octanol–water partition coefficient (Wildman–Crippen LogP) is 3.27. The maximum absolute atomic E-state index is 13.0. The molecule has 0 atom stereocenters. The van der Waals surface area contributed by atoms with Gasteiger partial charge in [-0.25, -0.2) is 9.18 Å². The number of carbonyl (C=O) groups excluding carboxylic acids is 2. The summed E-state index contributed by atoms with van der Waals surface area (Å²) < 4.78 is 22.7. The Morgan fingerprint density at radius 1 is 1.13 bits per heavy atom. The van der Waals surface area contributed by atoms with Crippen LogP contribution in [0.3, 0.4) is 0 Å². The topological polar surface area (TPSA) is 52.6 Å². The number of carbonyl (C=O) groups is 2. The molecule has 0 heterocycles. The SMILES string of the molecule is COC(=O)COc1ccc(C(=O)/C=C/c2cccc(F)c2)cc1. The molecule has 0 saturated heterocycles. The van der Waals surface area contributed by atoms with Crippen molar-refractivity contribution < 1.29 is 23.5 Å². The zero-order chi connectivity index (χ0) is 16.7. The monoisotopic (exact) mass is 314 g/mol. The van der Waals surface area contributed by atoms with Crippen LogP contribution < -0.4 is 4.74 Å². The maximum atomic E-state index is 13.0. The summed E-state index contributed by atoms with van der Waals surface area (Å²) in [6.07, 6.45) is 2.92. The number of halogens is 1. The third kappa shape index (κ3) is 5.07. The second-order valence-electron chi connectivity index (χ2n) is 4.64. The van der Waals surface area contributed by atoms with Gasteiger partial charge in [0.25, 0.3) is 0 Å². The van der Waals surface area contributed by atoms with Crippen molar-refractivity contribution in [1.82, 2.24) is 0 Å². The standard InChI is InChI=1S/C18H15FO4/c1-22-18(21)12-23-16-8-6-14(7-9-16)17(20)10-5-13-3-2-4-15(19)11-13/h2-11H,12H2,1H3/b10-5+. The summed E-state index contributed by atoms with van der Waals surface area (Å²) in [6.45, 7) is -0.191. The fourth-order valence-electron chi connectivity index (χ4n) is 1.80. The zero-order valence-corrected chi connectivity index (χ0v) is 12.5. The molecule has 0 aromatic heterocycles. The minimum absolute atomic E-state index is 0.191. The molecule has 0 fully saturated rings. The molecule has 2 aromatic carbocycles. The summed E-state index contributed by atoms with van der Waals surface area (Å²) in [7, 11) is 1.28. The number of ketones is 1. The van der Waals surface area contributed by atoms with Gasteiger partial charge in [0.2, 0.25) is 0 Å². The fraction of sp³-hybridized carbons (Fsp3) is 0.111. The summed E-state index contributed by atoms with van der Waals surface area (Å²) in [4.78, 5) is 23.0. The molecule has 0 aliphatic heterocycles. The van der Waals surface area contributed by atoms with Crippen LogP contribution in [-0.2, 0) is 9.53 Å². The van der Waals surface area contributed by atoms with E-state index in [-0.39, 0.29) is 18.2 Å². The Bertz CT molecular complexity index is 720. The number of methoxy groups -OCH3 is 1. The van der Waals surface area contributed by atoms with Crippen LogP contribution in [0.25, 0.3) is 6.08 Å². The van der Waals surface area contributed by atoms with Crippen LogP contribution >= 0.6 is 0 Å². The highest BCUT2D eigenvalue weighted by atomic mass is 19.1. The van der Waals surface area contributed by atoms with Crippen molar-refractivity contribution >= 4 is 17.8 Å². The highest BCUT2D eigenvalue weighted by molar-refractivity contribution is 6.06. The second-order valence-corrected chi connectivity index (χ2v) is 4.64. The van der Waals surface area contributed by atoms with Crippen LogP contribution in [0.5, 0.6) is 5.75 Å². The van der Waals surface area contributed by atoms with Crippen LogP contribution in [0.1, 0.15) is 15.9 Å². The van der Waals surface area contributed by atoms with E-state index in [4.69, 9.17) is 4.74 Å². The average molecular weight is 314 g/mol. The molecular weight excluding hydrogens is 299 g/mol. The van der Waals surface area contributed by atoms with E-state index in [0.29, 0.717) is 16.9 Å². The average Bonchev–Trinajstić information content (AvgIpc) is 2.58. The first-order valence-corrected chi connectivity index (χ1v) is 6.86. The molecule has 118 valence electrons. The lowest BCUT2D eigenvalue weighted by atomic mass is 10.1. The number of esters is 1. The summed E-state index contributed by atoms with van der Waals surface area (Å²) in [5.74, 6) is -0.593. The van der Waals surface area contributed by atoms with E-state index in [9.17, 15) is 14.0 Å². The first kappa shape index (κ1) is 16.4. The smallest absolute Gasteiger partial charge is 0.343 e. The zero-order valence-electron chi connectivity index (χ0n) is 12.5. The molecule has 2 rings (SSSR count). The molecule has 2 aromatic rings. The highest BCUT2D eigenvalue weighted by Gasteiger charge is 2.04. The van der Waals surface area contributed by atoms with Gasteiger partial charge in [0.1, 0.15) is 11.6 Å². The molecule has 0 aliphatic rings. The summed E-state index contributed by atoms with van der Waals surface area (Å²) >= 11 is 0. The molecule has 5 heteroatoms. The van der Waals surface area contributed by atoms with E-state index in [1.165, 1.54) is 25.3 Å². The largest absolute Gasteiger partial charge is 0.482 e. The number of allylic oxidation sites excluding steroid dienone is 1. The van der Waals surface area contributed by atoms with Crippen molar-refractivity contribution in [2.75, 3.05) is 13.7 Å². The van der Waals surface area contributed by atoms with E-state index in [2.05, 4.69) is 4.74 Å². The van der Waals surface area contributed by atoms with Crippen molar-refractivity contribution in [2.45, 2.75) is 0 Å². The van der Waals surface area contributed by atoms with Crippen molar-refractivity contribution in [3.8, 4) is 5.75 Å². The van der Waals surface area contributed by atoms with Gasteiger partial charge in [0.05, 0.1) is 7.11 Å². The molecule has 0 aliphatic carbocycles. The van der Waals surface area contributed by atoms with Gasteiger partial charge in [-0.15, -0.1) is 0 Å². The quantitative estimate of drug-likeness (QED) is 0.466. The summed E-state index contributed by atoms with van der Waals surface area (Å²) in [6, 6.07) is 12.3. The molecule has 0 bridgehead atoms. The molecule has 0 spiro atoms. The Kier molecular flexibility index (Phi) is 5.63. The summed E-state index contributed by atoms with van der Waals surface area (Å²) in [5, 5.41) is 0. The second kappa shape index (κ2) is 7.89. The van der Waals surface area contributed by atoms with Crippen molar-refractivity contribution in [3.05, 3.63) is 71.6 Å². The van der Waals surface area contributed by atoms with Crippen LogP contribution in [0, 0.1) is 5.82 Å². The van der Waals surface area contributed by atoms with Gasteiger partial charge in [0.15, 0.2) is 12.4 Å². The lowest BCUT2D eigenvalue weighted by molar-refractivity contribution is -0.142. The van der Waals surface area contributed by atoms with Crippen LogP contribution in [0.2, 0.25) is 0 Å². The Balaban J connectivity index is 1.98. The number of benzene rings is 2. The molecular formula is C18H15FO4. The first-order chi connectivity index (χ1) is 11.1. The van der Waals surface area contributed by atoms with Gasteiger partial charge in [-0.3, -0.25) is 4.79 Å². The van der Waals surface area contributed by atoms with E-state index < -0.39 is 5.97 Å². The molecule has 0 unspecified atom stereocenters. The summed E-state index contributed by atoms with van der Waals surface area (Å²) in [5.41, 5.74) is 1.07. The maximum Gasteiger partial charge on any atom is 0.343 e. The molecule has 0 N–H and O–H groups in total. The fourth-order valence-corrected chi connectivity index (χ4v) is 1.80. The normalized spacial score (nSPS) is 10.5. The molecule has 0 amide bonds. The Labute approximate surface area is 133 Å². The van der Waals surface area contributed by atoms with Crippen LogP contribution in [0.4, 0.5) is 4.39 Å². The first-order valence-electron chi connectivity index (χ1n) is 6.86. The van der Waals surface area contributed by atoms with Crippen molar-refractivity contribution in [1.29, 1.82) is 0 Å². The van der Waals surface area contributed by atoms with Gasteiger partial charge in [-0.1, -0.05) is 18.2 Å². The number of ether oxygens (including phenoxy) is 2. The van der Waals surface area contributed by atoms with E-state index >= 15 is 0 Å². The van der Waals surface area contributed by atoms with Gasteiger partial charge in [0, 0.05) is 5.56 Å². The van der Waals surface area contributed by atoms with Crippen molar-refractivity contribution in [3.63, 3.8) is 0 Å². The van der Waals surface area contributed by atoms with E-state index in [0.717, 1.165) is 0 Å². The third-order valence-electron chi connectivity index (χ3n) is 3.00.